The summed E-state index contributed by atoms with van der Waals surface area (Å²) in [5.74, 6) is -4.66. The Balaban J connectivity index is 1.89. The van der Waals surface area contributed by atoms with Gasteiger partial charge in [0.05, 0.1) is 41.4 Å². The first kappa shape index (κ1) is 23.1. The van der Waals surface area contributed by atoms with Crippen LogP contribution in [-0.4, -0.2) is 36.2 Å². The van der Waals surface area contributed by atoms with Crippen molar-refractivity contribution in [3.63, 3.8) is 0 Å². The highest BCUT2D eigenvalue weighted by molar-refractivity contribution is 9.10. The van der Waals surface area contributed by atoms with Gasteiger partial charge in [0, 0.05) is 11.0 Å². The van der Waals surface area contributed by atoms with E-state index in [4.69, 9.17) is 4.74 Å². The largest absolute Gasteiger partial charge is 0.478 e. The van der Waals surface area contributed by atoms with E-state index in [1.165, 1.54) is 6.07 Å². The molecule has 1 saturated heterocycles. The number of hydrogen-bond donors (Lipinski definition) is 3. The number of halogens is 4. The number of carboxylic acid groups (broad SMARTS) is 1. The van der Waals surface area contributed by atoms with Crippen molar-refractivity contribution in [2.45, 2.75) is 26.3 Å². The van der Waals surface area contributed by atoms with E-state index in [1.807, 2.05) is 13.8 Å². The smallest absolute Gasteiger partial charge is 0.335 e. The maximum Gasteiger partial charge on any atom is 0.335 e. The Labute approximate surface area is 184 Å². The number of benzene rings is 2. The van der Waals surface area contributed by atoms with Crippen molar-refractivity contribution in [3.05, 3.63) is 57.3 Å². The minimum Gasteiger partial charge on any atom is -0.478 e. The summed E-state index contributed by atoms with van der Waals surface area (Å²) < 4.78 is 47.8. The second-order valence-electron chi connectivity index (χ2n) is 7.97. The van der Waals surface area contributed by atoms with Gasteiger partial charge in [-0.3, -0.25) is 4.79 Å². The molecule has 1 atom stereocenters. The van der Waals surface area contributed by atoms with Crippen molar-refractivity contribution in [1.29, 1.82) is 0 Å². The molecule has 1 amide bonds. The lowest BCUT2D eigenvalue weighted by atomic mass is 9.87. The first-order valence-corrected chi connectivity index (χ1v) is 10.1. The number of ether oxygens (including phenoxy) is 1. The SMILES string of the molecule is CC1(C)COC[C@H]1Nc1cc(C(=O)O)cc(F)c1NC(=O)Cc1cc(F)c(Br)cc1F. The van der Waals surface area contributed by atoms with Gasteiger partial charge in [0.1, 0.15) is 23.1 Å². The second-order valence-corrected chi connectivity index (χ2v) is 8.82. The van der Waals surface area contributed by atoms with Crippen LogP contribution in [0.3, 0.4) is 0 Å². The Morgan fingerprint density at radius 3 is 2.48 bits per heavy atom. The summed E-state index contributed by atoms with van der Waals surface area (Å²) in [5, 5.41) is 14.7. The van der Waals surface area contributed by atoms with Crippen LogP contribution in [0.25, 0.3) is 0 Å². The Morgan fingerprint density at radius 2 is 1.87 bits per heavy atom. The van der Waals surface area contributed by atoms with Gasteiger partial charge in [-0.2, -0.15) is 0 Å². The van der Waals surface area contributed by atoms with Crippen molar-refractivity contribution in [2.24, 2.45) is 5.41 Å². The van der Waals surface area contributed by atoms with Crippen molar-refractivity contribution >= 4 is 39.2 Å². The zero-order valence-electron chi connectivity index (χ0n) is 16.7. The van der Waals surface area contributed by atoms with E-state index in [1.54, 1.807) is 0 Å². The Bertz CT molecular complexity index is 1050. The van der Waals surface area contributed by atoms with Crippen LogP contribution in [0.5, 0.6) is 0 Å². The van der Waals surface area contributed by atoms with Gasteiger partial charge in [-0.25, -0.2) is 18.0 Å². The average Bonchev–Trinajstić information content (AvgIpc) is 3.00. The van der Waals surface area contributed by atoms with Crippen molar-refractivity contribution in [3.8, 4) is 0 Å². The second kappa shape index (κ2) is 8.88. The van der Waals surface area contributed by atoms with Gasteiger partial charge in [0.15, 0.2) is 0 Å². The lowest BCUT2D eigenvalue weighted by Crippen LogP contribution is -2.35. The fourth-order valence-corrected chi connectivity index (χ4v) is 3.53. The first-order valence-electron chi connectivity index (χ1n) is 9.32. The number of carboxylic acids is 1. The van der Waals surface area contributed by atoms with Gasteiger partial charge < -0.3 is 20.5 Å². The monoisotopic (exact) mass is 500 g/mol. The third kappa shape index (κ3) is 5.19. The van der Waals surface area contributed by atoms with Gasteiger partial charge in [-0.1, -0.05) is 13.8 Å². The molecule has 0 unspecified atom stereocenters. The molecule has 3 rings (SSSR count). The molecular weight excluding hydrogens is 481 g/mol. The van der Waals surface area contributed by atoms with E-state index in [9.17, 15) is 27.9 Å². The van der Waals surface area contributed by atoms with E-state index in [-0.39, 0.29) is 38.4 Å². The number of carbonyl (C=O) groups excluding carboxylic acids is 1. The molecule has 1 fully saturated rings. The van der Waals surface area contributed by atoms with E-state index in [0.29, 0.717) is 13.2 Å². The van der Waals surface area contributed by atoms with Crippen molar-refractivity contribution < 1.29 is 32.6 Å². The molecule has 166 valence electrons. The minimum atomic E-state index is -1.34. The standard InChI is InChI=1S/C21H20BrF3N2O4/c1-21(2)9-31-8-17(21)26-16-5-11(20(29)30)4-15(25)19(16)27-18(28)6-10-3-14(24)12(22)7-13(10)23/h3-5,7,17,26H,6,8-9H2,1-2H3,(H,27,28)(H,29,30)/t17-/m1/s1. The summed E-state index contributed by atoms with van der Waals surface area (Å²) in [6.07, 6.45) is -0.548. The molecule has 31 heavy (non-hydrogen) atoms. The minimum absolute atomic E-state index is 0.0526. The van der Waals surface area contributed by atoms with Crippen LogP contribution in [0.1, 0.15) is 29.8 Å². The fraction of sp³-hybridized carbons (Fsp3) is 0.333. The molecule has 0 radical (unpaired) electrons. The van der Waals surface area contributed by atoms with E-state index < -0.39 is 35.7 Å². The van der Waals surface area contributed by atoms with Crippen LogP contribution in [0, 0.1) is 22.9 Å². The highest BCUT2D eigenvalue weighted by Crippen LogP contribution is 2.34. The maximum atomic E-state index is 14.7. The van der Waals surface area contributed by atoms with Crippen LogP contribution in [-0.2, 0) is 16.0 Å². The summed E-state index contributed by atoms with van der Waals surface area (Å²) in [6, 6.07) is 3.48. The van der Waals surface area contributed by atoms with Crippen LogP contribution in [0.4, 0.5) is 24.5 Å². The zero-order valence-corrected chi connectivity index (χ0v) is 18.3. The molecule has 1 aliphatic rings. The Hall–Kier alpha value is -2.59. The average molecular weight is 501 g/mol. The molecule has 2 aromatic rings. The molecule has 10 heteroatoms. The summed E-state index contributed by atoms with van der Waals surface area (Å²) in [6.45, 7) is 4.61. The number of aromatic carboxylic acids is 1. The molecule has 0 aromatic heterocycles. The quantitative estimate of drug-likeness (QED) is 0.505. The normalized spacial score (nSPS) is 17.4. The predicted octanol–water partition coefficient (Wildman–Crippen LogP) is 4.58. The number of amides is 1. The number of hydrogen-bond acceptors (Lipinski definition) is 4. The molecule has 0 saturated carbocycles. The van der Waals surface area contributed by atoms with Gasteiger partial charge in [-0.15, -0.1) is 0 Å². The molecule has 6 nitrogen and oxygen atoms in total. The summed E-state index contributed by atoms with van der Waals surface area (Å²) in [7, 11) is 0. The third-order valence-corrected chi connectivity index (χ3v) is 5.68. The summed E-state index contributed by atoms with van der Waals surface area (Å²) in [4.78, 5) is 23.8. The summed E-state index contributed by atoms with van der Waals surface area (Å²) in [5.41, 5.74) is -1.07. The molecule has 0 spiro atoms. The molecule has 0 aliphatic carbocycles. The highest BCUT2D eigenvalue weighted by atomic mass is 79.9. The van der Waals surface area contributed by atoms with Gasteiger partial charge >= 0.3 is 5.97 Å². The van der Waals surface area contributed by atoms with E-state index >= 15 is 0 Å². The van der Waals surface area contributed by atoms with Gasteiger partial charge in [0.25, 0.3) is 0 Å². The lowest BCUT2D eigenvalue weighted by Gasteiger charge is -2.27. The fourth-order valence-electron chi connectivity index (χ4n) is 3.22. The number of rotatable bonds is 6. The van der Waals surface area contributed by atoms with Crippen LogP contribution >= 0.6 is 15.9 Å². The molecule has 2 aromatic carbocycles. The molecule has 1 heterocycles. The van der Waals surface area contributed by atoms with Gasteiger partial charge in [0.2, 0.25) is 5.91 Å². The molecule has 0 bridgehead atoms. The highest BCUT2D eigenvalue weighted by Gasteiger charge is 2.36. The van der Waals surface area contributed by atoms with Crippen LogP contribution in [0.2, 0.25) is 0 Å². The lowest BCUT2D eigenvalue weighted by molar-refractivity contribution is -0.115. The molecule has 3 N–H and O–H groups in total. The Kier molecular flexibility index (Phi) is 6.61. The number of carbonyl (C=O) groups is 2. The zero-order chi connectivity index (χ0) is 22.9. The molecule has 1 aliphatic heterocycles. The van der Waals surface area contributed by atoms with Crippen molar-refractivity contribution in [1.82, 2.24) is 0 Å². The Morgan fingerprint density at radius 1 is 1.16 bits per heavy atom. The molecular formula is C21H20BrF3N2O4. The topological polar surface area (TPSA) is 87.7 Å². The van der Waals surface area contributed by atoms with Crippen LogP contribution < -0.4 is 10.6 Å². The number of nitrogens with one attached hydrogen (secondary N) is 2. The van der Waals surface area contributed by atoms with E-state index in [2.05, 4.69) is 26.6 Å². The third-order valence-electron chi connectivity index (χ3n) is 5.07. The van der Waals surface area contributed by atoms with Gasteiger partial charge in [-0.05, 0) is 40.2 Å². The van der Waals surface area contributed by atoms with Crippen molar-refractivity contribution in [2.75, 3.05) is 23.8 Å². The first-order chi connectivity index (χ1) is 14.5. The predicted molar refractivity (Wildman–Crippen MR) is 112 cm³/mol. The van der Waals surface area contributed by atoms with E-state index in [0.717, 1.165) is 18.2 Å². The summed E-state index contributed by atoms with van der Waals surface area (Å²) >= 11 is 2.86. The van der Waals surface area contributed by atoms with Crippen LogP contribution in [0.15, 0.2) is 28.7 Å². The number of anilines is 2. The maximum absolute atomic E-state index is 14.7.